The Morgan fingerprint density at radius 1 is 1.00 bits per heavy atom. The molecule has 0 unspecified atom stereocenters. The molecule has 3 aromatic rings. The minimum absolute atomic E-state index is 0.873. The van der Waals surface area contributed by atoms with Crippen LogP contribution in [0.1, 0.15) is 22.4 Å². The summed E-state index contributed by atoms with van der Waals surface area (Å²) in [5.74, 6) is 0. The number of pyridine rings is 1. The van der Waals surface area contributed by atoms with Crippen LogP contribution < -0.4 is 5.32 Å². The highest BCUT2D eigenvalue weighted by molar-refractivity contribution is 5.97. The smallest absolute Gasteiger partial charge is 0.0712 e. The van der Waals surface area contributed by atoms with Gasteiger partial charge >= 0.3 is 0 Å². The van der Waals surface area contributed by atoms with E-state index >= 15 is 0 Å². The minimum Gasteiger partial charge on any atom is -0.307 e. The van der Waals surface area contributed by atoms with Crippen molar-refractivity contribution in [1.82, 2.24) is 10.3 Å². The molecule has 104 valence electrons. The van der Waals surface area contributed by atoms with Crippen LogP contribution in [0.3, 0.4) is 0 Å². The minimum atomic E-state index is 0.873. The summed E-state index contributed by atoms with van der Waals surface area (Å²) in [4.78, 5) is 4.83. The molecule has 2 heterocycles. The molecule has 0 bridgehead atoms. The number of rotatable bonds is 1. The number of nitrogens with one attached hydrogen (secondary N) is 1. The van der Waals surface area contributed by atoms with Crippen molar-refractivity contribution in [2.45, 2.75) is 26.9 Å². The highest BCUT2D eigenvalue weighted by Gasteiger charge is 2.20. The molecule has 2 nitrogen and oxygen atoms in total. The first-order chi connectivity index (χ1) is 10.2. The van der Waals surface area contributed by atoms with Gasteiger partial charge in [-0.2, -0.15) is 0 Å². The van der Waals surface area contributed by atoms with Crippen LogP contribution in [-0.4, -0.2) is 4.98 Å². The fraction of sp³-hybridized carbons (Fsp3) is 0.211. The predicted molar refractivity (Wildman–Crippen MR) is 87.2 cm³/mol. The average molecular weight is 274 g/mol. The van der Waals surface area contributed by atoms with Gasteiger partial charge in [0.05, 0.1) is 11.2 Å². The van der Waals surface area contributed by atoms with Crippen LogP contribution >= 0.6 is 0 Å². The van der Waals surface area contributed by atoms with Gasteiger partial charge < -0.3 is 5.32 Å². The lowest BCUT2D eigenvalue weighted by Gasteiger charge is -2.15. The third-order valence-corrected chi connectivity index (χ3v) is 4.32. The van der Waals surface area contributed by atoms with Gasteiger partial charge in [-0.25, -0.2) is 0 Å². The molecule has 2 heteroatoms. The van der Waals surface area contributed by atoms with Crippen molar-refractivity contribution in [2.75, 3.05) is 0 Å². The van der Waals surface area contributed by atoms with Gasteiger partial charge in [-0.05, 0) is 42.2 Å². The largest absolute Gasteiger partial charge is 0.307 e. The lowest BCUT2D eigenvalue weighted by molar-refractivity contribution is 0.758. The van der Waals surface area contributed by atoms with Gasteiger partial charge in [0.2, 0.25) is 0 Å². The van der Waals surface area contributed by atoms with Gasteiger partial charge in [0, 0.05) is 18.5 Å². The molecule has 0 aliphatic carbocycles. The summed E-state index contributed by atoms with van der Waals surface area (Å²) in [6.07, 6.45) is 0. The molecule has 0 atom stereocenters. The number of aryl methyl sites for hydroxylation is 2. The molecule has 0 saturated carbocycles. The van der Waals surface area contributed by atoms with E-state index in [-0.39, 0.29) is 0 Å². The van der Waals surface area contributed by atoms with Crippen molar-refractivity contribution < 1.29 is 0 Å². The topological polar surface area (TPSA) is 24.9 Å². The summed E-state index contributed by atoms with van der Waals surface area (Å²) in [6, 6.07) is 15.2. The van der Waals surface area contributed by atoms with Crippen LogP contribution in [0.4, 0.5) is 0 Å². The standard InChI is InChI=1S/C19H18N2/c1-12-7-8-14(13(2)9-12)19-15-5-3-4-6-17(15)21-18-11-20-10-16(18)19/h3-9,20H,10-11H2,1-2H3. The number of para-hydroxylation sites is 1. The maximum absolute atomic E-state index is 4.83. The Balaban J connectivity index is 2.11. The number of benzene rings is 2. The van der Waals surface area contributed by atoms with Crippen LogP contribution in [0.5, 0.6) is 0 Å². The van der Waals surface area contributed by atoms with Crippen molar-refractivity contribution in [1.29, 1.82) is 0 Å². The summed E-state index contributed by atoms with van der Waals surface area (Å²) in [6.45, 7) is 6.13. The Bertz CT molecular complexity index is 850. The lowest BCUT2D eigenvalue weighted by atomic mass is 9.91. The molecule has 1 N–H and O–H groups in total. The van der Waals surface area contributed by atoms with Crippen LogP contribution in [0.15, 0.2) is 42.5 Å². The number of aromatic nitrogens is 1. The highest BCUT2D eigenvalue weighted by Crippen LogP contribution is 2.36. The van der Waals surface area contributed by atoms with E-state index in [4.69, 9.17) is 4.98 Å². The van der Waals surface area contributed by atoms with Crippen LogP contribution in [0.25, 0.3) is 22.0 Å². The molecule has 0 spiro atoms. The molecule has 0 saturated heterocycles. The van der Waals surface area contributed by atoms with Crippen LogP contribution in [0.2, 0.25) is 0 Å². The summed E-state index contributed by atoms with van der Waals surface area (Å²) in [5.41, 5.74) is 8.99. The molecule has 1 aliphatic heterocycles. The molecule has 0 fully saturated rings. The zero-order valence-corrected chi connectivity index (χ0v) is 12.4. The van der Waals surface area contributed by atoms with Gasteiger partial charge in [-0.15, -0.1) is 0 Å². The third-order valence-electron chi connectivity index (χ3n) is 4.32. The van der Waals surface area contributed by atoms with Gasteiger partial charge in [0.15, 0.2) is 0 Å². The van der Waals surface area contributed by atoms with Gasteiger partial charge in [-0.3, -0.25) is 4.98 Å². The van der Waals surface area contributed by atoms with Crippen molar-refractivity contribution in [3.8, 4) is 11.1 Å². The van der Waals surface area contributed by atoms with Crippen molar-refractivity contribution >= 4 is 10.9 Å². The second kappa shape index (κ2) is 4.68. The maximum Gasteiger partial charge on any atom is 0.0712 e. The zero-order valence-electron chi connectivity index (χ0n) is 12.4. The molecule has 0 amide bonds. The maximum atomic E-state index is 4.83. The monoisotopic (exact) mass is 274 g/mol. The fourth-order valence-electron chi connectivity index (χ4n) is 3.35. The Morgan fingerprint density at radius 2 is 1.86 bits per heavy atom. The molecule has 21 heavy (non-hydrogen) atoms. The molecule has 0 radical (unpaired) electrons. The van der Waals surface area contributed by atoms with Crippen LogP contribution in [-0.2, 0) is 13.1 Å². The SMILES string of the molecule is Cc1ccc(-c2c3c(nc4ccccc24)CNC3)c(C)c1. The van der Waals surface area contributed by atoms with Crippen LogP contribution in [0, 0.1) is 13.8 Å². The van der Waals surface area contributed by atoms with E-state index in [0.717, 1.165) is 18.6 Å². The summed E-state index contributed by atoms with van der Waals surface area (Å²) < 4.78 is 0. The predicted octanol–water partition coefficient (Wildman–Crippen LogP) is 4.12. The van der Waals surface area contributed by atoms with E-state index in [1.807, 2.05) is 0 Å². The molecular weight excluding hydrogens is 256 g/mol. The third kappa shape index (κ3) is 1.95. The highest BCUT2D eigenvalue weighted by atomic mass is 14.9. The first-order valence-electron chi connectivity index (χ1n) is 7.43. The van der Waals surface area contributed by atoms with Crippen molar-refractivity contribution in [3.63, 3.8) is 0 Å². The van der Waals surface area contributed by atoms with E-state index in [0.29, 0.717) is 0 Å². The summed E-state index contributed by atoms with van der Waals surface area (Å²) in [5, 5.41) is 4.70. The lowest BCUT2D eigenvalue weighted by Crippen LogP contribution is -2.00. The zero-order chi connectivity index (χ0) is 14.4. The van der Waals surface area contributed by atoms with Crippen molar-refractivity contribution in [2.24, 2.45) is 0 Å². The van der Waals surface area contributed by atoms with Crippen molar-refractivity contribution in [3.05, 3.63) is 64.8 Å². The van der Waals surface area contributed by atoms with Gasteiger partial charge in [0.1, 0.15) is 0 Å². The Morgan fingerprint density at radius 3 is 2.71 bits per heavy atom. The molecule has 4 rings (SSSR count). The fourth-order valence-corrected chi connectivity index (χ4v) is 3.35. The second-order valence-electron chi connectivity index (χ2n) is 5.85. The van der Waals surface area contributed by atoms with Gasteiger partial charge in [-0.1, -0.05) is 42.0 Å². The first-order valence-corrected chi connectivity index (χ1v) is 7.43. The molecular formula is C19H18N2. The summed E-state index contributed by atoms with van der Waals surface area (Å²) >= 11 is 0. The number of fused-ring (bicyclic) bond motifs is 2. The normalized spacial score (nSPS) is 13.6. The molecule has 1 aromatic heterocycles. The van der Waals surface area contributed by atoms with E-state index < -0.39 is 0 Å². The number of hydrogen-bond acceptors (Lipinski definition) is 2. The Kier molecular flexibility index (Phi) is 2.79. The van der Waals surface area contributed by atoms with E-state index in [1.54, 1.807) is 0 Å². The van der Waals surface area contributed by atoms with E-state index in [2.05, 4.69) is 61.6 Å². The number of nitrogens with zero attached hydrogens (tertiary/aromatic N) is 1. The quantitative estimate of drug-likeness (QED) is 0.722. The Hall–Kier alpha value is -2.19. The molecule has 2 aromatic carbocycles. The first kappa shape index (κ1) is 12.5. The molecule has 1 aliphatic rings. The van der Waals surface area contributed by atoms with E-state index in [1.165, 1.54) is 38.9 Å². The second-order valence-corrected chi connectivity index (χ2v) is 5.85. The summed E-state index contributed by atoms with van der Waals surface area (Å²) in [7, 11) is 0. The van der Waals surface area contributed by atoms with Gasteiger partial charge in [0.25, 0.3) is 0 Å². The Labute approximate surface area is 124 Å². The average Bonchev–Trinajstić information content (AvgIpc) is 2.93. The van der Waals surface area contributed by atoms with E-state index in [9.17, 15) is 0 Å². The number of hydrogen-bond donors (Lipinski definition) is 1.